The first-order chi connectivity index (χ1) is 16.8. The van der Waals surface area contributed by atoms with E-state index in [0.29, 0.717) is 22.5 Å². The molecule has 0 unspecified atom stereocenters. The number of benzene rings is 2. The van der Waals surface area contributed by atoms with Crippen molar-refractivity contribution in [1.29, 1.82) is 0 Å². The maximum absolute atomic E-state index is 14.0. The van der Waals surface area contributed by atoms with Crippen LogP contribution in [0.1, 0.15) is 45.9 Å². The molecule has 0 saturated carbocycles. The van der Waals surface area contributed by atoms with Crippen molar-refractivity contribution in [2.75, 3.05) is 0 Å². The normalized spacial score (nSPS) is 13.0. The van der Waals surface area contributed by atoms with Gasteiger partial charge < -0.3 is 20.3 Å². The summed E-state index contributed by atoms with van der Waals surface area (Å²) in [6, 6.07) is 13.8. The van der Waals surface area contributed by atoms with Gasteiger partial charge in [0, 0.05) is 12.7 Å². The Hall–Kier alpha value is -3.82. The average molecular weight is 481 g/mol. The minimum absolute atomic E-state index is 0.119. The summed E-state index contributed by atoms with van der Waals surface area (Å²) in [6.45, 7) is 2.94. The first kappa shape index (κ1) is 24.3. The van der Waals surface area contributed by atoms with E-state index in [1.54, 1.807) is 53.9 Å². The van der Waals surface area contributed by atoms with Crippen molar-refractivity contribution in [3.8, 4) is 5.75 Å². The summed E-state index contributed by atoms with van der Waals surface area (Å²) in [6.07, 6.45) is -0.407. The van der Waals surface area contributed by atoms with Crippen LogP contribution in [0, 0.1) is 18.6 Å². The number of aliphatic hydroxyl groups is 2. The van der Waals surface area contributed by atoms with Gasteiger partial charge in [-0.25, -0.2) is 13.8 Å². The van der Waals surface area contributed by atoms with Gasteiger partial charge in [0.2, 0.25) is 0 Å². The zero-order chi connectivity index (χ0) is 25.1. The molecule has 0 bridgehead atoms. The van der Waals surface area contributed by atoms with Gasteiger partial charge in [0.25, 0.3) is 5.91 Å². The Morgan fingerprint density at radius 1 is 1.09 bits per heavy atom. The highest BCUT2D eigenvalue weighted by Crippen LogP contribution is 2.25. The highest BCUT2D eigenvalue weighted by atomic mass is 19.1. The van der Waals surface area contributed by atoms with Gasteiger partial charge in [0.1, 0.15) is 30.0 Å². The summed E-state index contributed by atoms with van der Waals surface area (Å²) < 4.78 is 35.1. The lowest BCUT2D eigenvalue weighted by Gasteiger charge is -2.18. The first-order valence-electron chi connectivity index (χ1n) is 11.0. The van der Waals surface area contributed by atoms with Crippen LogP contribution < -0.4 is 10.1 Å². The number of aromatic nitrogens is 2. The molecule has 7 nitrogen and oxygen atoms in total. The van der Waals surface area contributed by atoms with E-state index in [1.165, 1.54) is 13.0 Å². The third kappa shape index (κ3) is 5.01. The lowest BCUT2D eigenvalue weighted by Crippen LogP contribution is -2.26. The van der Waals surface area contributed by atoms with Gasteiger partial charge in [-0.15, -0.1) is 0 Å². The van der Waals surface area contributed by atoms with Crippen molar-refractivity contribution >= 4 is 11.6 Å². The lowest BCUT2D eigenvalue weighted by molar-refractivity contribution is 0.0299. The number of carbonyl (C=O) groups is 1. The molecular weight excluding hydrogens is 456 g/mol. The number of aliphatic hydroxyl groups excluding tert-OH is 2. The van der Waals surface area contributed by atoms with Crippen LogP contribution in [0.3, 0.4) is 0 Å². The predicted molar refractivity (Wildman–Crippen MR) is 125 cm³/mol. The van der Waals surface area contributed by atoms with Crippen molar-refractivity contribution in [3.05, 3.63) is 101 Å². The number of nitrogens with one attached hydrogen (secondary N) is 1. The number of amides is 1. The molecule has 2 aromatic carbocycles. The largest absolute Gasteiger partial charge is 0.485 e. The van der Waals surface area contributed by atoms with Crippen molar-refractivity contribution < 1.29 is 28.5 Å². The number of pyridine rings is 1. The summed E-state index contributed by atoms with van der Waals surface area (Å²) in [7, 11) is 0. The van der Waals surface area contributed by atoms with Crippen LogP contribution in [0.15, 0.2) is 60.8 Å². The average Bonchev–Trinajstić information content (AvgIpc) is 3.18. The molecule has 4 aromatic rings. The third-order valence-corrected chi connectivity index (χ3v) is 5.71. The van der Waals surface area contributed by atoms with Crippen LogP contribution in [0.2, 0.25) is 0 Å². The molecule has 0 spiro atoms. The van der Waals surface area contributed by atoms with Gasteiger partial charge in [-0.05, 0) is 49.2 Å². The topological polar surface area (TPSA) is 96.1 Å². The van der Waals surface area contributed by atoms with Gasteiger partial charge in [-0.3, -0.25) is 9.20 Å². The Morgan fingerprint density at radius 2 is 1.80 bits per heavy atom. The number of halogens is 2. The van der Waals surface area contributed by atoms with Gasteiger partial charge in [0.15, 0.2) is 11.4 Å². The van der Waals surface area contributed by atoms with Crippen LogP contribution in [0.4, 0.5) is 8.78 Å². The Bertz CT molecular complexity index is 1350. The Kier molecular flexibility index (Phi) is 7.09. The number of nitrogens with zero attached hydrogens (tertiary/aromatic N) is 2. The third-order valence-electron chi connectivity index (χ3n) is 5.71. The minimum Gasteiger partial charge on any atom is -0.485 e. The van der Waals surface area contributed by atoms with Gasteiger partial charge >= 0.3 is 0 Å². The van der Waals surface area contributed by atoms with E-state index < -0.39 is 29.7 Å². The van der Waals surface area contributed by atoms with Crippen molar-refractivity contribution in [3.63, 3.8) is 0 Å². The van der Waals surface area contributed by atoms with Crippen molar-refractivity contribution in [2.45, 2.75) is 39.2 Å². The molecule has 4 rings (SSSR count). The standard InChI is InChI=1S/C26H25F2N3O4/c1-15-23(26(34)29-13-17-7-3-4-8-18(17)24(33)16(2)32)31-12-6-11-22(25(31)30-15)35-14-19-20(27)9-5-10-21(19)28/h3-12,16,24,32-33H,13-14H2,1-2H3,(H,29,34)/t16-,24+/m0/s1. The molecule has 1 amide bonds. The fraction of sp³-hybridized carbons (Fsp3) is 0.231. The van der Waals surface area contributed by atoms with Crippen LogP contribution in [0.25, 0.3) is 5.65 Å². The number of ether oxygens (including phenoxy) is 1. The number of carbonyl (C=O) groups excluding carboxylic acids is 1. The quantitative estimate of drug-likeness (QED) is 0.355. The number of hydrogen-bond donors (Lipinski definition) is 3. The molecule has 3 N–H and O–H groups in total. The van der Waals surface area contributed by atoms with E-state index in [9.17, 15) is 23.8 Å². The molecule has 35 heavy (non-hydrogen) atoms. The molecule has 182 valence electrons. The zero-order valence-electron chi connectivity index (χ0n) is 19.2. The highest BCUT2D eigenvalue weighted by Gasteiger charge is 2.21. The summed E-state index contributed by atoms with van der Waals surface area (Å²) in [5.41, 5.74) is 2.03. The molecule has 2 aromatic heterocycles. The minimum atomic E-state index is -1.08. The second kappa shape index (κ2) is 10.2. The van der Waals surface area contributed by atoms with E-state index in [2.05, 4.69) is 10.3 Å². The molecule has 2 atom stereocenters. The van der Waals surface area contributed by atoms with Gasteiger partial charge in [0.05, 0.1) is 17.4 Å². The monoisotopic (exact) mass is 481 g/mol. The Morgan fingerprint density at radius 3 is 2.51 bits per heavy atom. The zero-order valence-corrected chi connectivity index (χ0v) is 19.2. The maximum Gasteiger partial charge on any atom is 0.270 e. The van der Waals surface area contributed by atoms with Crippen molar-refractivity contribution in [2.24, 2.45) is 0 Å². The van der Waals surface area contributed by atoms with Gasteiger partial charge in [-0.2, -0.15) is 0 Å². The first-order valence-corrected chi connectivity index (χ1v) is 11.0. The van der Waals surface area contributed by atoms with Crippen molar-refractivity contribution in [1.82, 2.24) is 14.7 Å². The SMILES string of the molecule is Cc1nc2c(OCc3c(F)cccc3F)cccn2c1C(=O)NCc1ccccc1[C@H](O)[C@H](C)O. The second-order valence-electron chi connectivity index (χ2n) is 8.17. The number of rotatable bonds is 8. The molecule has 0 aliphatic carbocycles. The maximum atomic E-state index is 14.0. The fourth-order valence-corrected chi connectivity index (χ4v) is 3.87. The van der Waals surface area contributed by atoms with E-state index >= 15 is 0 Å². The van der Waals surface area contributed by atoms with Crippen LogP contribution in [-0.4, -0.2) is 31.6 Å². The smallest absolute Gasteiger partial charge is 0.270 e. The molecule has 0 radical (unpaired) electrons. The predicted octanol–water partition coefficient (Wildman–Crippen LogP) is 3.84. The molecule has 0 aliphatic rings. The summed E-state index contributed by atoms with van der Waals surface area (Å²) in [4.78, 5) is 17.5. The van der Waals surface area contributed by atoms with E-state index in [1.807, 2.05) is 0 Å². The van der Waals surface area contributed by atoms with Gasteiger partial charge in [-0.1, -0.05) is 30.3 Å². The molecule has 0 fully saturated rings. The molecule has 0 saturated heterocycles. The Balaban J connectivity index is 1.56. The molecule has 2 heterocycles. The molecule has 0 aliphatic heterocycles. The summed E-state index contributed by atoms with van der Waals surface area (Å²) in [5, 5.41) is 22.9. The van der Waals surface area contributed by atoms with Crippen LogP contribution in [-0.2, 0) is 13.2 Å². The lowest BCUT2D eigenvalue weighted by atomic mass is 9.99. The van der Waals surface area contributed by atoms with Crippen LogP contribution >= 0.6 is 0 Å². The summed E-state index contributed by atoms with van der Waals surface area (Å²) in [5.74, 6) is -1.56. The molecule has 9 heteroatoms. The number of aryl methyl sites for hydroxylation is 1. The number of hydrogen-bond acceptors (Lipinski definition) is 5. The highest BCUT2D eigenvalue weighted by molar-refractivity contribution is 5.95. The second-order valence-corrected chi connectivity index (χ2v) is 8.17. The van der Waals surface area contributed by atoms with E-state index in [0.717, 1.165) is 12.1 Å². The number of imidazole rings is 1. The summed E-state index contributed by atoms with van der Waals surface area (Å²) >= 11 is 0. The Labute approximate surface area is 200 Å². The van der Waals surface area contributed by atoms with E-state index in [4.69, 9.17) is 4.74 Å². The molecular formula is C26H25F2N3O4. The fourth-order valence-electron chi connectivity index (χ4n) is 3.87. The number of fused-ring (bicyclic) bond motifs is 1. The van der Waals surface area contributed by atoms with Crippen LogP contribution in [0.5, 0.6) is 5.75 Å². The van der Waals surface area contributed by atoms with E-state index in [-0.39, 0.29) is 30.2 Å².